The van der Waals surface area contributed by atoms with Crippen molar-refractivity contribution >= 4 is 81.6 Å². The van der Waals surface area contributed by atoms with Gasteiger partial charge in [0.05, 0.1) is 12.8 Å². The maximum Gasteiger partial charge on any atom is 0.632 e. The number of nitrogens with one attached hydrogen (secondary N) is 1. The molecule has 6 aliphatic rings. The molecular weight excluding hydrogens is 1370 g/mol. The third kappa shape index (κ3) is 15.6. The molecule has 4 fully saturated rings. The first-order chi connectivity index (χ1) is 53.2. The van der Waals surface area contributed by atoms with Crippen LogP contribution in [-0.2, 0) is 48.6 Å². The summed E-state index contributed by atoms with van der Waals surface area (Å²) >= 11 is 0. The fraction of sp³-hybridized carbons (Fsp3) is 0.302. The number of benzene rings is 8. The first kappa shape index (κ1) is 72.0. The molecule has 0 radical (unpaired) electrons. The Morgan fingerprint density at radius 2 is 0.826 bits per heavy atom. The molecule has 11 aromatic rings. The van der Waals surface area contributed by atoms with E-state index in [0.29, 0.717) is 145 Å². The van der Waals surface area contributed by atoms with E-state index in [2.05, 4.69) is 65.6 Å². The Kier molecular flexibility index (Phi) is 20.8. The lowest BCUT2D eigenvalue weighted by atomic mass is 9.78. The van der Waals surface area contributed by atoms with Crippen molar-refractivity contribution in [3.63, 3.8) is 0 Å². The quantitative estimate of drug-likeness (QED) is 0.0444. The van der Waals surface area contributed by atoms with E-state index in [1.54, 1.807) is 35.2 Å². The number of amides is 4. The first-order valence-electron chi connectivity index (χ1n) is 38.1. The van der Waals surface area contributed by atoms with E-state index in [-0.39, 0.29) is 42.0 Å². The summed E-state index contributed by atoms with van der Waals surface area (Å²) in [7, 11) is -1.49. The second-order valence-corrected chi connectivity index (χ2v) is 29.7. The van der Waals surface area contributed by atoms with Gasteiger partial charge in [-0.25, -0.2) is 9.59 Å². The zero-order chi connectivity index (χ0) is 74.8. The lowest BCUT2D eigenvalue weighted by Gasteiger charge is -2.32. The van der Waals surface area contributed by atoms with Crippen molar-refractivity contribution in [3.8, 4) is 23.0 Å². The number of nitrogens with zero attached hydrogens (tertiary/aromatic N) is 4. The molecule has 0 aliphatic carbocycles. The molecule has 9 N–H and O–H groups in total. The van der Waals surface area contributed by atoms with E-state index in [9.17, 15) is 28.8 Å². The molecule has 6 aliphatic heterocycles. The van der Waals surface area contributed by atoms with Gasteiger partial charge in [-0.05, 0) is 166 Å². The largest absolute Gasteiger partial charge is 0.632 e. The molecule has 23 heteroatoms. The number of aromatic nitrogens is 1. The SMILES string of the molecule is NCc1cccc(C2CCN(C(=O)Cc3cc(=O)oc4cc5c(cc34)OB(c3ccc4[nH]c(C(=O)N6CCC(c7cccc(CN)c7)CC6)cc4c3)O5)CC2)c1.NCc1cccc(C2CCN(C(=O)Cc3cccc(B4Oc5cc6cc(C(=O)N7CCC(c8cccc(CN)c8)CC7)c(=O)oc6cc5O4)c3)CC2)c1. The Balaban J connectivity index is 0.000000166. The van der Waals surface area contributed by atoms with Gasteiger partial charge in [-0.3, -0.25) is 19.2 Å². The average molecular weight is 1460 g/mol. The minimum atomic E-state index is -0.749. The van der Waals surface area contributed by atoms with E-state index in [0.717, 1.165) is 114 Å². The van der Waals surface area contributed by atoms with Gasteiger partial charge in [-0.2, -0.15) is 0 Å². The topological polar surface area (TPSA) is 298 Å². The highest BCUT2D eigenvalue weighted by Crippen LogP contribution is 2.41. The molecule has 0 bridgehead atoms. The van der Waals surface area contributed by atoms with Crippen molar-refractivity contribution in [2.24, 2.45) is 22.9 Å². The smallest absolute Gasteiger partial charge is 0.519 e. The van der Waals surface area contributed by atoms with Crippen LogP contribution in [0.4, 0.5) is 0 Å². The maximum absolute atomic E-state index is 13.6. The lowest BCUT2D eigenvalue weighted by Crippen LogP contribution is -2.40. The number of carbonyl (C=O) groups excluding carboxylic acids is 4. The maximum atomic E-state index is 13.6. The molecule has 8 aromatic carbocycles. The Morgan fingerprint density at radius 1 is 0.394 bits per heavy atom. The van der Waals surface area contributed by atoms with E-state index < -0.39 is 25.5 Å². The minimum Gasteiger partial charge on any atom is -0.519 e. The van der Waals surface area contributed by atoms with Gasteiger partial charge in [0, 0.05) is 124 Å². The number of likely N-dealkylation sites (tertiary alicyclic amines) is 4. The summed E-state index contributed by atoms with van der Waals surface area (Å²) in [6.07, 6.45) is 7.37. The van der Waals surface area contributed by atoms with Crippen LogP contribution in [0.3, 0.4) is 0 Å². The van der Waals surface area contributed by atoms with Gasteiger partial charge < -0.3 is 75.0 Å². The van der Waals surface area contributed by atoms with Crippen LogP contribution in [0.5, 0.6) is 23.0 Å². The van der Waals surface area contributed by atoms with E-state index in [1.165, 1.54) is 28.3 Å². The third-order valence-electron chi connectivity index (χ3n) is 22.8. The predicted octanol–water partition coefficient (Wildman–Crippen LogP) is 10.2. The van der Waals surface area contributed by atoms with E-state index in [4.69, 9.17) is 50.4 Å². The van der Waals surface area contributed by atoms with Crippen LogP contribution >= 0.6 is 0 Å². The highest BCUT2D eigenvalue weighted by Gasteiger charge is 2.39. The number of nitrogens with two attached hydrogens (primary N) is 4. The number of H-pyrrole nitrogens is 1. The molecule has 17 rings (SSSR count). The van der Waals surface area contributed by atoms with Gasteiger partial charge in [0.15, 0.2) is 0 Å². The van der Waals surface area contributed by atoms with Crippen molar-refractivity contribution in [1.82, 2.24) is 24.6 Å². The highest BCUT2D eigenvalue weighted by atomic mass is 16.6. The number of rotatable bonds is 16. The Labute approximate surface area is 631 Å². The van der Waals surface area contributed by atoms with Gasteiger partial charge in [-0.15, -0.1) is 0 Å². The molecule has 21 nitrogen and oxygen atoms in total. The molecule has 0 spiro atoms. The van der Waals surface area contributed by atoms with Crippen molar-refractivity contribution < 1.29 is 46.6 Å². The highest BCUT2D eigenvalue weighted by molar-refractivity contribution is 6.64. The van der Waals surface area contributed by atoms with Crippen LogP contribution in [0.2, 0.25) is 0 Å². The summed E-state index contributed by atoms with van der Waals surface area (Å²) in [6.45, 7) is 7.25. The Morgan fingerprint density at radius 3 is 1.33 bits per heavy atom. The monoisotopic (exact) mass is 1460 g/mol. The summed E-state index contributed by atoms with van der Waals surface area (Å²) in [4.78, 5) is 90.6. The second-order valence-electron chi connectivity index (χ2n) is 29.7. The zero-order valence-electron chi connectivity index (χ0n) is 60.8. The van der Waals surface area contributed by atoms with Crippen molar-refractivity contribution in [2.75, 3.05) is 52.4 Å². The number of hydrogen-bond donors (Lipinski definition) is 5. The standard InChI is InChI=1S/C44H44BN5O6.C42H43BN4O6/c46-25-27-3-1-5-31(17-27)29-9-13-49(14-10-29)42(51)21-33-22-43(52)54-39-24-41-40(23-36(33)39)55-45(56-41)35-7-8-37-34(19-35)20-38(48-37)44(53)50-15-11-30(12-16-50)32-6-2-4-28(18-32)26-47;44-25-28-5-1-7-32(18-28)30-10-14-46(15-11-30)40(48)21-27-4-3-9-35(20-27)43-52-38-23-34-22-36(42(50)51-37(34)24-39(38)53-43)41(49)47-16-12-31(13-17-47)33-8-2-6-29(19-33)26-45/h1-8,17-20,22-24,29-30,48H,9-16,21,25-26,46-47H2;1-9,18-20,22-24,30-31H,10-17,21,25-26,44-45H2. The molecule has 109 heavy (non-hydrogen) atoms. The number of piperidine rings is 4. The molecule has 4 amide bonds. The normalized spacial score (nSPS) is 16.3. The van der Waals surface area contributed by atoms with E-state index >= 15 is 0 Å². The van der Waals surface area contributed by atoms with Gasteiger partial charge in [0.1, 0.15) is 45.4 Å². The van der Waals surface area contributed by atoms with Crippen molar-refractivity contribution in [2.45, 2.75) is 114 Å². The van der Waals surface area contributed by atoms with Gasteiger partial charge in [0.25, 0.3) is 11.8 Å². The molecule has 0 saturated carbocycles. The Bertz CT molecular complexity index is 5400. The lowest BCUT2D eigenvalue weighted by molar-refractivity contribution is -0.132. The fourth-order valence-corrected chi connectivity index (χ4v) is 16.6. The second kappa shape index (κ2) is 31.5. The molecule has 0 unspecified atom stereocenters. The van der Waals surface area contributed by atoms with Crippen LogP contribution in [0, 0.1) is 0 Å². The van der Waals surface area contributed by atoms with Crippen LogP contribution in [0.15, 0.2) is 200 Å². The van der Waals surface area contributed by atoms with E-state index in [1.807, 2.05) is 99.6 Å². The molecule has 9 heterocycles. The number of fused-ring (bicyclic) bond motifs is 5. The van der Waals surface area contributed by atoms with Crippen LogP contribution < -0.4 is 63.7 Å². The average Bonchev–Trinajstić information content (AvgIpc) is 1.62. The van der Waals surface area contributed by atoms with Crippen LogP contribution in [-0.4, -0.2) is 115 Å². The van der Waals surface area contributed by atoms with Gasteiger partial charge in [-0.1, -0.05) is 133 Å². The summed E-state index contributed by atoms with van der Waals surface area (Å²) in [6, 6.07) is 58.7. The zero-order valence-corrected chi connectivity index (χ0v) is 60.8. The van der Waals surface area contributed by atoms with Crippen molar-refractivity contribution in [3.05, 3.63) is 270 Å². The summed E-state index contributed by atoms with van der Waals surface area (Å²) in [5.74, 6) is 3.13. The molecular formula is C86H87B2N9O12. The minimum absolute atomic E-state index is 0.00103. The first-order valence-corrected chi connectivity index (χ1v) is 38.1. The molecule has 3 aromatic heterocycles. The number of hydrogen-bond acceptors (Lipinski definition) is 16. The van der Waals surface area contributed by atoms with Gasteiger partial charge in [0.2, 0.25) is 11.8 Å². The summed E-state index contributed by atoms with van der Waals surface area (Å²) in [5.41, 5.74) is 36.8. The predicted molar refractivity (Wildman–Crippen MR) is 421 cm³/mol. The third-order valence-corrected chi connectivity index (χ3v) is 22.8. The molecule has 0 atom stereocenters. The van der Waals surface area contributed by atoms with Crippen LogP contribution in [0.1, 0.15) is 152 Å². The fourth-order valence-electron chi connectivity index (χ4n) is 16.6. The van der Waals surface area contributed by atoms with Crippen LogP contribution in [0.25, 0.3) is 32.8 Å². The van der Waals surface area contributed by atoms with Crippen molar-refractivity contribution in [1.29, 1.82) is 0 Å². The molecule has 554 valence electrons. The summed E-state index contributed by atoms with van der Waals surface area (Å²) in [5, 5.41) is 2.07. The molecule has 4 saturated heterocycles. The Hall–Kier alpha value is -11.2. The van der Waals surface area contributed by atoms with Gasteiger partial charge >= 0.3 is 25.5 Å². The number of aromatic amines is 1. The number of carbonyl (C=O) groups is 4. The summed E-state index contributed by atoms with van der Waals surface area (Å²) < 4.78 is 36.1.